The van der Waals surface area contributed by atoms with E-state index in [1.54, 1.807) is 0 Å². The lowest BCUT2D eigenvalue weighted by Crippen LogP contribution is -2.44. The van der Waals surface area contributed by atoms with Crippen molar-refractivity contribution in [2.45, 2.75) is 45.9 Å². The van der Waals surface area contributed by atoms with Crippen molar-refractivity contribution in [3.05, 3.63) is 11.6 Å². The summed E-state index contributed by atoms with van der Waals surface area (Å²) < 4.78 is 13.1. The highest BCUT2D eigenvalue weighted by molar-refractivity contribution is 5.79. The van der Waals surface area contributed by atoms with Gasteiger partial charge >= 0.3 is 0 Å². The van der Waals surface area contributed by atoms with Crippen molar-refractivity contribution < 1.29 is 9.47 Å². The maximum Gasteiger partial charge on any atom is 0.191 e. The SMILES string of the molecule is CCNC(=NCc1nnc(C)n1C)NC(C)COC1CCOC1. The summed E-state index contributed by atoms with van der Waals surface area (Å²) in [6, 6.07) is 0.162. The number of ether oxygens (including phenoxy) is 2. The number of nitrogens with zero attached hydrogens (tertiary/aromatic N) is 4. The number of aryl methyl sites for hydroxylation is 1. The van der Waals surface area contributed by atoms with Crippen LogP contribution in [0.4, 0.5) is 0 Å². The van der Waals surface area contributed by atoms with E-state index in [2.05, 4.69) is 32.7 Å². The number of hydrogen-bond acceptors (Lipinski definition) is 5. The van der Waals surface area contributed by atoms with E-state index < -0.39 is 0 Å². The first kappa shape index (κ1) is 17.7. The van der Waals surface area contributed by atoms with E-state index in [-0.39, 0.29) is 12.1 Å². The van der Waals surface area contributed by atoms with Crippen molar-refractivity contribution >= 4 is 5.96 Å². The molecule has 23 heavy (non-hydrogen) atoms. The number of guanidine groups is 1. The first-order chi connectivity index (χ1) is 11.1. The summed E-state index contributed by atoms with van der Waals surface area (Å²) in [6.45, 7) is 9.46. The zero-order valence-electron chi connectivity index (χ0n) is 14.5. The first-order valence-electron chi connectivity index (χ1n) is 8.19. The van der Waals surface area contributed by atoms with Gasteiger partial charge in [0.1, 0.15) is 12.4 Å². The molecule has 130 valence electrons. The fourth-order valence-corrected chi connectivity index (χ4v) is 2.26. The van der Waals surface area contributed by atoms with Crippen LogP contribution < -0.4 is 10.6 Å². The molecule has 1 aliphatic rings. The topological polar surface area (TPSA) is 85.6 Å². The molecular formula is C15H28N6O2. The van der Waals surface area contributed by atoms with Crippen LogP contribution in [-0.4, -0.2) is 59.2 Å². The maximum atomic E-state index is 5.83. The third kappa shape index (κ3) is 5.47. The molecule has 0 saturated carbocycles. The molecule has 2 rings (SSSR count). The number of aliphatic imine (C=N–C) groups is 1. The average Bonchev–Trinajstić information content (AvgIpc) is 3.15. The van der Waals surface area contributed by atoms with E-state index in [0.717, 1.165) is 37.2 Å². The van der Waals surface area contributed by atoms with Gasteiger partial charge in [-0.3, -0.25) is 0 Å². The molecule has 0 amide bonds. The lowest BCUT2D eigenvalue weighted by atomic mass is 10.3. The second-order valence-corrected chi connectivity index (χ2v) is 5.78. The van der Waals surface area contributed by atoms with Crippen LogP contribution in [-0.2, 0) is 23.1 Å². The molecule has 0 bridgehead atoms. The minimum atomic E-state index is 0.162. The van der Waals surface area contributed by atoms with Crippen LogP contribution in [0, 0.1) is 6.92 Å². The molecule has 0 aliphatic carbocycles. The third-order valence-electron chi connectivity index (χ3n) is 3.76. The van der Waals surface area contributed by atoms with E-state index in [1.807, 2.05) is 25.5 Å². The molecule has 0 spiro atoms. The van der Waals surface area contributed by atoms with Crippen molar-refractivity contribution in [1.82, 2.24) is 25.4 Å². The van der Waals surface area contributed by atoms with Crippen molar-refractivity contribution in [2.24, 2.45) is 12.0 Å². The average molecular weight is 324 g/mol. The van der Waals surface area contributed by atoms with Crippen LogP contribution >= 0.6 is 0 Å². The lowest BCUT2D eigenvalue weighted by Gasteiger charge is -2.19. The predicted molar refractivity (Wildman–Crippen MR) is 88.3 cm³/mol. The molecule has 1 saturated heterocycles. The number of nitrogens with one attached hydrogen (secondary N) is 2. The standard InChI is InChI=1S/C15H28N6O2/c1-5-16-15(17-8-14-20-19-12(3)21(14)4)18-11(2)9-23-13-6-7-22-10-13/h11,13H,5-10H2,1-4H3,(H2,16,17,18). The fourth-order valence-electron chi connectivity index (χ4n) is 2.26. The fraction of sp³-hybridized carbons (Fsp3) is 0.800. The van der Waals surface area contributed by atoms with Crippen LogP contribution in [0.5, 0.6) is 0 Å². The van der Waals surface area contributed by atoms with Crippen molar-refractivity contribution in [1.29, 1.82) is 0 Å². The van der Waals surface area contributed by atoms with E-state index in [9.17, 15) is 0 Å². The van der Waals surface area contributed by atoms with Gasteiger partial charge in [0, 0.05) is 26.2 Å². The molecule has 0 radical (unpaired) electrons. The van der Waals surface area contributed by atoms with Crippen molar-refractivity contribution in [2.75, 3.05) is 26.4 Å². The Kier molecular flexibility index (Phi) is 6.79. The van der Waals surface area contributed by atoms with Crippen LogP contribution in [0.2, 0.25) is 0 Å². The second kappa shape index (κ2) is 8.83. The van der Waals surface area contributed by atoms with E-state index in [0.29, 0.717) is 19.8 Å². The zero-order chi connectivity index (χ0) is 16.7. The molecular weight excluding hydrogens is 296 g/mol. The van der Waals surface area contributed by atoms with E-state index in [1.165, 1.54) is 0 Å². The van der Waals surface area contributed by atoms with Crippen LogP contribution in [0.3, 0.4) is 0 Å². The summed E-state index contributed by atoms with van der Waals surface area (Å²) >= 11 is 0. The first-order valence-corrected chi connectivity index (χ1v) is 8.19. The Hall–Kier alpha value is -1.67. The van der Waals surface area contributed by atoms with Gasteiger partial charge in [-0.05, 0) is 27.2 Å². The largest absolute Gasteiger partial charge is 0.379 e. The quantitative estimate of drug-likeness (QED) is 0.557. The minimum Gasteiger partial charge on any atom is -0.379 e. The molecule has 2 unspecified atom stereocenters. The van der Waals surface area contributed by atoms with Gasteiger partial charge in [-0.25, -0.2) is 4.99 Å². The minimum absolute atomic E-state index is 0.162. The van der Waals surface area contributed by atoms with Gasteiger partial charge in [0.05, 0.1) is 19.3 Å². The molecule has 1 fully saturated rings. The normalized spacial score (nSPS) is 19.8. The van der Waals surface area contributed by atoms with Gasteiger partial charge in [-0.2, -0.15) is 0 Å². The van der Waals surface area contributed by atoms with Gasteiger partial charge in [0.15, 0.2) is 11.8 Å². The van der Waals surface area contributed by atoms with Gasteiger partial charge in [0.25, 0.3) is 0 Å². The molecule has 1 aromatic rings. The van der Waals surface area contributed by atoms with E-state index in [4.69, 9.17) is 9.47 Å². The molecule has 0 aromatic carbocycles. The number of hydrogen-bond donors (Lipinski definition) is 2. The molecule has 2 atom stereocenters. The molecule has 8 nitrogen and oxygen atoms in total. The summed E-state index contributed by atoms with van der Waals surface area (Å²) in [4.78, 5) is 4.57. The second-order valence-electron chi connectivity index (χ2n) is 5.78. The van der Waals surface area contributed by atoms with Gasteiger partial charge < -0.3 is 24.7 Å². The zero-order valence-corrected chi connectivity index (χ0v) is 14.5. The van der Waals surface area contributed by atoms with Crippen LogP contribution in [0.15, 0.2) is 4.99 Å². The number of rotatable bonds is 7. The monoisotopic (exact) mass is 324 g/mol. The van der Waals surface area contributed by atoms with Crippen molar-refractivity contribution in [3.8, 4) is 0 Å². The smallest absolute Gasteiger partial charge is 0.191 e. The highest BCUT2D eigenvalue weighted by Crippen LogP contribution is 2.08. The van der Waals surface area contributed by atoms with E-state index >= 15 is 0 Å². The Morgan fingerprint density at radius 1 is 1.52 bits per heavy atom. The molecule has 1 aromatic heterocycles. The highest BCUT2D eigenvalue weighted by Gasteiger charge is 2.17. The molecule has 8 heteroatoms. The Balaban J connectivity index is 1.83. The summed E-state index contributed by atoms with van der Waals surface area (Å²) in [5, 5.41) is 14.8. The highest BCUT2D eigenvalue weighted by atomic mass is 16.5. The summed E-state index contributed by atoms with van der Waals surface area (Å²) in [7, 11) is 1.95. The summed E-state index contributed by atoms with van der Waals surface area (Å²) in [5.41, 5.74) is 0. The summed E-state index contributed by atoms with van der Waals surface area (Å²) in [6.07, 6.45) is 1.20. The Morgan fingerprint density at radius 3 is 2.96 bits per heavy atom. The van der Waals surface area contributed by atoms with Gasteiger partial charge in [0.2, 0.25) is 0 Å². The molecule has 2 heterocycles. The predicted octanol–water partition coefficient (Wildman–Crippen LogP) is 0.373. The summed E-state index contributed by atoms with van der Waals surface area (Å²) in [5.74, 6) is 2.48. The Morgan fingerprint density at radius 2 is 2.35 bits per heavy atom. The molecule has 1 aliphatic heterocycles. The Labute approximate surface area is 137 Å². The van der Waals surface area contributed by atoms with Crippen molar-refractivity contribution in [3.63, 3.8) is 0 Å². The number of aromatic nitrogens is 3. The maximum absolute atomic E-state index is 5.83. The lowest BCUT2D eigenvalue weighted by molar-refractivity contribution is 0.0347. The van der Waals surface area contributed by atoms with Crippen LogP contribution in [0.25, 0.3) is 0 Å². The van der Waals surface area contributed by atoms with Crippen LogP contribution in [0.1, 0.15) is 31.9 Å². The third-order valence-corrected chi connectivity index (χ3v) is 3.76. The Bertz CT molecular complexity index is 510. The van der Waals surface area contributed by atoms with Gasteiger partial charge in [-0.15, -0.1) is 10.2 Å². The molecule has 2 N–H and O–H groups in total. The van der Waals surface area contributed by atoms with Gasteiger partial charge in [-0.1, -0.05) is 0 Å².